The zero-order valence-electron chi connectivity index (χ0n) is 13.8. The maximum absolute atomic E-state index is 13.9. The van der Waals surface area contributed by atoms with E-state index in [0.29, 0.717) is 11.0 Å². The number of amides is 1. The lowest BCUT2D eigenvalue weighted by atomic mass is 10.1. The minimum absolute atomic E-state index is 0.00514. The van der Waals surface area contributed by atoms with Crippen molar-refractivity contribution >= 4 is 17.9 Å². The van der Waals surface area contributed by atoms with Gasteiger partial charge in [0.05, 0.1) is 19.6 Å². The van der Waals surface area contributed by atoms with Crippen molar-refractivity contribution in [1.82, 2.24) is 0 Å². The molecule has 0 saturated heterocycles. The number of para-hydroxylation sites is 1. The van der Waals surface area contributed by atoms with Crippen LogP contribution in [0.1, 0.15) is 12.0 Å². The van der Waals surface area contributed by atoms with Gasteiger partial charge in [-0.15, -0.1) is 0 Å². The smallest absolute Gasteiger partial charge is 0.237 e. The maximum Gasteiger partial charge on any atom is 0.237 e. The first-order valence-electron chi connectivity index (χ1n) is 7.85. The first-order valence-corrected chi connectivity index (χ1v) is 7.85. The summed E-state index contributed by atoms with van der Waals surface area (Å²) in [6.45, 7) is -1.13. The first-order chi connectivity index (χ1) is 12.8. The average molecular weight is 382 g/mol. The van der Waals surface area contributed by atoms with Gasteiger partial charge in [0.25, 0.3) is 0 Å². The molecule has 0 fully saturated rings. The molecule has 2 aromatic carbocycles. The lowest BCUT2D eigenvalue weighted by molar-refractivity contribution is -0.133. The molecule has 0 radical (unpaired) electrons. The zero-order valence-corrected chi connectivity index (χ0v) is 13.8. The molecule has 1 N–H and O–H groups in total. The van der Waals surface area contributed by atoms with E-state index < -0.39 is 60.2 Å². The van der Waals surface area contributed by atoms with E-state index in [2.05, 4.69) is 4.99 Å². The number of ether oxygens (including phenoxy) is 1. The Balaban J connectivity index is 1.82. The highest BCUT2D eigenvalue weighted by atomic mass is 19.1. The van der Waals surface area contributed by atoms with Crippen LogP contribution < -0.4 is 4.90 Å². The summed E-state index contributed by atoms with van der Waals surface area (Å²) in [5.74, 6) is -4.31. The molecule has 1 atom stereocenters. The van der Waals surface area contributed by atoms with Gasteiger partial charge >= 0.3 is 0 Å². The Labute approximate surface area is 151 Å². The topological polar surface area (TPSA) is 62.1 Å². The minimum Gasteiger partial charge on any atom is -0.391 e. The molecule has 0 bridgehead atoms. The van der Waals surface area contributed by atoms with E-state index in [0.717, 1.165) is 36.7 Å². The van der Waals surface area contributed by atoms with Crippen LogP contribution in [0.3, 0.4) is 0 Å². The van der Waals surface area contributed by atoms with E-state index in [4.69, 9.17) is 4.74 Å². The quantitative estimate of drug-likeness (QED) is 0.809. The Morgan fingerprint density at radius 1 is 1.11 bits per heavy atom. The molecule has 1 unspecified atom stereocenters. The standard InChI is InChI=1S/C18H14F4N2O3/c19-12-5-4-11(15(22)6-12)8-27-18(9-25)7-16(26)24(10-23-18)17-13(20)2-1-3-14(17)21/h1-6,10,25H,7-9H2. The molecular formula is C18H14F4N2O3. The summed E-state index contributed by atoms with van der Waals surface area (Å²) in [6, 6.07) is 5.99. The number of carbonyl (C=O) groups excluding carboxylic acids is 1. The molecule has 1 heterocycles. The van der Waals surface area contributed by atoms with Gasteiger partial charge in [0.15, 0.2) is 5.72 Å². The second-order valence-electron chi connectivity index (χ2n) is 5.88. The van der Waals surface area contributed by atoms with Crippen LogP contribution in [0.15, 0.2) is 41.4 Å². The van der Waals surface area contributed by atoms with Gasteiger partial charge in [0.1, 0.15) is 35.3 Å². The van der Waals surface area contributed by atoms with Crippen LogP contribution in [0.4, 0.5) is 23.2 Å². The molecule has 27 heavy (non-hydrogen) atoms. The summed E-state index contributed by atoms with van der Waals surface area (Å²) in [4.78, 5) is 17.0. The SMILES string of the molecule is O=C1CC(CO)(OCc2ccc(F)cc2F)N=CN1c1c(F)cccc1F. The number of hydrogen-bond acceptors (Lipinski definition) is 4. The summed E-state index contributed by atoms with van der Waals surface area (Å²) in [5, 5.41) is 9.61. The predicted octanol–water partition coefficient (Wildman–Crippen LogP) is 2.91. The Morgan fingerprint density at radius 3 is 2.41 bits per heavy atom. The fraction of sp³-hybridized carbons (Fsp3) is 0.222. The van der Waals surface area contributed by atoms with Crippen molar-refractivity contribution in [2.24, 2.45) is 4.99 Å². The highest BCUT2D eigenvalue weighted by Gasteiger charge is 2.39. The number of aliphatic hydroxyl groups is 1. The molecule has 0 saturated carbocycles. The van der Waals surface area contributed by atoms with Crippen molar-refractivity contribution in [1.29, 1.82) is 0 Å². The van der Waals surface area contributed by atoms with Gasteiger partial charge in [-0.2, -0.15) is 0 Å². The Hall–Kier alpha value is -2.78. The van der Waals surface area contributed by atoms with E-state index >= 15 is 0 Å². The fourth-order valence-electron chi connectivity index (χ4n) is 2.58. The molecule has 0 spiro atoms. The molecule has 0 aliphatic carbocycles. The summed E-state index contributed by atoms with van der Waals surface area (Å²) >= 11 is 0. The molecule has 3 rings (SSSR count). The number of aliphatic imine (C=N–C) groups is 1. The number of nitrogens with zero attached hydrogens (tertiary/aromatic N) is 2. The van der Waals surface area contributed by atoms with E-state index in [9.17, 15) is 27.5 Å². The zero-order chi connectivity index (χ0) is 19.6. The average Bonchev–Trinajstić information content (AvgIpc) is 2.62. The number of anilines is 1. The van der Waals surface area contributed by atoms with Gasteiger partial charge < -0.3 is 9.84 Å². The molecule has 1 aliphatic rings. The van der Waals surface area contributed by atoms with Crippen molar-refractivity contribution in [3.8, 4) is 0 Å². The van der Waals surface area contributed by atoms with E-state index in [1.165, 1.54) is 0 Å². The van der Waals surface area contributed by atoms with Crippen LogP contribution in [0.2, 0.25) is 0 Å². The van der Waals surface area contributed by atoms with Crippen LogP contribution in [0, 0.1) is 23.3 Å². The molecule has 142 valence electrons. The van der Waals surface area contributed by atoms with E-state index in [-0.39, 0.29) is 5.56 Å². The molecule has 2 aromatic rings. The molecule has 1 amide bonds. The van der Waals surface area contributed by atoms with Gasteiger partial charge in [-0.05, 0) is 18.2 Å². The third-order valence-corrected chi connectivity index (χ3v) is 4.04. The number of benzene rings is 2. The van der Waals surface area contributed by atoms with Crippen LogP contribution in [-0.2, 0) is 16.1 Å². The van der Waals surface area contributed by atoms with Crippen LogP contribution >= 0.6 is 0 Å². The van der Waals surface area contributed by atoms with Crippen molar-refractivity contribution < 1.29 is 32.2 Å². The molecule has 9 heteroatoms. The highest BCUT2D eigenvalue weighted by Crippen LogP contribution is 2.30. The number of rotatable bonds is 5. The van der Waals surface area contributed by atoms with Gasteiger partial charge in [0, 0.05) is 11.6 Å². The Bertz CT molecular complexity index is 886. The number of hydrogen-bond donors (Lipinski definition) is 1. The normalized spacial score (nSPS) is 19.6. The van der Waals surface area contributed by atoms with Crippen molar-refractivity contribution in [2.75, 3.05) is 11.5 Å². The van der Waals surface area contributed by atoms with Gasteiger partial charge in [-0.3, -0.25) is 9.69 Å². The largest absolute Gasteiger partial charge is 0.391 e. The minimum atomic E-state index is -1.74. The fourth-order valence-corrected chi connectivity index (χ4v) is 2.58. The highest BCUT2D eigenvalue weighted by molar-refractivity contribution is 6.10. The summed E-state index contributed by atoms with van der Waals surface area (Å²) in [5.41, 5.74) is -2.34. The predicted molar refractivity (Wildman–Crippen MR) is 87.9 cm³/mol. The number of aliphatic hydroxyl groups excluding tert-OH is 1. The van der Waals surface area contributed by atoms with Crippen molar-refractivity contribution in [3.05, 3.63) is 65.2 Å². The van der Waals surface area contributed by atoms with E-state index in [1.54, 1.807) is 0 Å². The molecular weight excluding hydrogens is 368 g/mol. The first kappa shape index (κ1) is 19.0. The van der Waals surface area contributed by atoms with Gasteiger partial charge in [-0.1, -0.05) is 12.1 Å². The summed E-state index contributed by atoms with van der Waals surface area (Å²) in [6.07, 6.45) is 0.321. The lowest BCUT2D eigenvalue weighted by Crippen LogP contribution is -2.47. The molecule has 0 aromatic heterocycles. The van der Waals surface area contributed by atoms with Gasteiger partial charge in [-0.25, -0.2) is 22.6 Å². The summed E-state index contributed by atoms with van der Waals surface area (Å²) in [7, 11) is 0. The third-order valence-electron chi connectivity index (χ3n) is 4.04. The second-order valence-corrected chi connectivity index (χ2v) is 5.88. The molecule has 1 aliphatic heterocycles. The monoisotopic (exact) mass is 382 g/mol. The van der Waals surface area contributed by atoms with E-state index in [1.807, 2.05) is 0 Å². The summed E-state index contributed by atoms with van der Waals surface area (Å²) < 4.78 is 59.8. The van der Waals surface area contributed by atoms with Crippen LogP contribution in [0.25, 0.3) is 0 Å². The van der Waals surface area contributed by atoms with Crippen LogP contribution in [0.5, 0.6) is 0 Å². The van der Waals surface area contributed by atoms with Crippen molar-refractivity contribution in [2.45, 2.75) is 18.8 Å². The van der Waals surface area contributed by atoms with Crippen LogP contribution in [-0.4, -0.2) is 29.7 Å². The maximum atomic E-state index is 13.9. The third kappa shape index (κ3) is 3.83. The Morgan fingerprint density at radius 2 is 1.81 bits per heavy atom. The van der Waals surface area contributed by atoms with Crippen molar-refractivity contribution in [3.63, 3.8) is 0 Å². The Kier molecular flexibility index (Phi) is 5.24. The second kappa shape index (κ2) is 7.45. The number of halogens is 4. The number of carbonyl (C=O) groups is 1. The molecule has 5 nitrogen and oxygen atoms in total. The van der Waals surface area contributed by atoms with Gasteiger partial charge in [0.2, 0.25) is 5.91 Å². The lowest BCUT2D eigenvalue weighted by Gasteiger charge is -2.34.